The quantitative estimate of drug-likeness (QED) is 0.742. The molecule has 0 radical (unpaired) electrons. The smallest absolute Gasteiger partial charge is 0.248 e. The van der Waals surface area contributed by atoms with Gasteiger partial charge in [-0.05, 0) is 33.6 Å². The van der Waals surface area contributed by atoms with Crippen LogP contribution < -0.4 is 5.73 Å². The number of nitrogens with two attached hydrogens (primary N) is 1. The van der Waals surface area contributed by atoms with E-state index in [1.807, 2.05) is 25.7 Å². The molecule has 4 nitrogen and oxygen atoms in total. The molecule has 1 amide bonds. The predicted molar refractivity (Wildman–Crippen MR) is 70.8 cm³/mol. The molecule has 0 heterocycles. The minimum atomic E-state index is -0.280. The highest BCUT2D eigenvalue weighted by Gasteiger charge is 2.22. The fourth-order valence-electron chi connectivity index (χ4n) is 1.74. The number of rotatable bonds is 7. The molecule has 0 unspecified atom stereocenters. The van der Waals surface area contributed by atoms with Crippen molar-refractivity contribution in [2.24, 2.45) is 5.73 Å². The number of hydrogen-bond acceptors (Lipinski definition) is 3. The van der Waals surface area contributed by atoms with Crippen molar-refractivity contribution in [3.05, 3.63) is 0 Å². The molecule has 0 aliphatic rings. The molecule has 0 aliphatic carbocycles. The number of nitrogens with zero attached hydrogens (tertiary/aromatic N) is 1. The van der Waals surface area contributed by atoms with Crippen LogP contribution in [0, 0.1) is 0 Å². The Hall–Kier alpha value is -0.610. The van der Waals surface area contributed by atoms with E-state index < -0.39 is 0 Å². The van der Waals surface area contributed by atoms with Gasteiger partial charge < -0.3 is 15.4 Å². The van der Waals surface area contributed by atoms with E-state index in [-0.39, 0.29) is 24.2 Å². The zero-order valence-electron chi connectivity index (χ0n) is 12.0. The minimum absolute atomic E-state index is 0.0408. The zero-order valence-corrected chi connectivity index (χ0v) is 12.0. The Morgan fingerprint density at radius 2 is 1.82 bits per heavy atom. The van der Waals surface area contributed by atoms with E-state index >= 15 is 0 Å². The highest BCUT2D eigenvalue weighted by molar-refractivity contribution is 5.77. The minimum Gasteiger partial charge on any atom is -0.366 e. The van der Waals surface area contributed by atoms with Crippen molar-refractivity contribution in [3.8, 4) is 0 Å². The molecule has 0 saturated carbocycles. The number of ether oxygens (including phenoxy) is 1. The van der Waals surface area contributed by atoms with Crippen LogP contribution in [-0.4, -0.2) is 42.1 Å². The molecule has 0 atom stereocenters. The van der Waals surface area contributed by atoms with E-state index in [9.17, 15) is 4.79 Å². The Morgan fingerprint density at radius 3 is 2.18 bits per heavy atom. The van der Waals surface area contributed by atoms with Gasteiger partial charge in [-0.1, -0.05) is 13.8 Å². The topological polar surface area (TPSA) is 55.6 Å². The van der Waals surface area contributed by atoms with Crippen LogP contribution in [-0.2, 0) is 9.53 Å². The van der Waals surface area contributed by atoms with E-state index in [1.54, 1.807) is 0 Å². The maximum absolute atomic E-state index is 12.1. The zero-order chi connectivity index (χ0) is 13.5. The van der Waals surface area contributed by atoms with Gasteiger partial charge in [0, 0.05) is 19.1 Å². The van der Waals surface area contributed by atoms with Gasteiger partial charge in [-0.2, -0.15) is 0 Å². The summed E-state index contributed by atoms with van der Waals surface area (Å²) >= 11 is 0. The lowest BCUT2D eigenvalue weighted by molar-refractivity contribution is -0.143. The molecule has 0 bridgehead atoms. The van der Waals surface area contributed by atoms with Crippen molar-refractivity contribution >= 4 is 5.91 Å². The lowest BCUT2D eigenvalue weighted by Gasteiger charge is -2.31. The van der Waals surface area contributed by atoms with Crippen molar-refractivity contribution < 1.29 is 9.53 Å². The monoisotopic (exact) mass is 244 g/mol. The highest BCUT2D eigenvalue weighted by Crippen LogP contribution is 2.11. The first-order valence-corrected chi connectivity index (χ1v) is 6.49. The molecule has 17 heavy (non-hydrogen) atoms. The van der Waals surface area contributed by atoms with Gasteiger partial charge >= 0.3 is 0 Å². The van der Waals surface area contributed by atoms with Crippen LogP contribution in [0.15, 0.2) is 0 Å². The molecule has 0 fully saturated rings. The second-order valence-electron chi connectivity index (χ2n) is 5.25. The average molecular weight is 244 g/mol. The van der Waals surface area contributed by atoms with Gasteiger partial charge in [0.1, 0.15) is 6.61 Å². The molecule has 2 N–H and O–H groups in total. The standard InChI is InChI=1S/C13H28N2O2/c1-6-11(7-2)15(9-8-14)12(16)10-17-13(3,4)5/h11H,6-10,14H2,1-5H3. The SMILES string of the molecule is CCC(CC)N(CCN)C(=O)COC(C)(C)C. The first-order chi connectivity index (χ1) is 7.85. The lowest BCUT2D eigenvalue weighted by Crippen LogP contribution is -2.45. The molecular formula is C13H28N2O2. The summed E-state index contributed by atoms with van der Waals surface area (Å²) < 4.78 is 5.53. The summed E-state index contributed by atoms with van der Waals surface area (Å²) in [6.07, 6.45) is 1.91. The summed E-state index contributed by atoms with van der Waals surface area (Å²) in [6, 6.07) is 0.273. The Labute approximate surface area is 105 Å². The summed E-state index contributed by atoms with van der Waals surface area (Å²) in [5, 5.41) is 0. The van der Waals surface area contributed by atoms with Crippen LogP contribution in [0.2, 0.25) is 0 Å². The van der Waals surface area contributed by atoms with Gasteiger partial charge in [0.2, 0.25) is 5.91 Å². The predicted octanol–water partition coefficient (Wildman–Crippen LogP) is 1.78. The van der Waals surface area contributed by atoms with Crippen LogP contribution in [0.4, 0.5) is 0 Å². The molecule has 0 aliphatic heterocycles. The number of amides is 1. The Kier molecular flexibility index (Phi) is 7.39. The second kappa shape index (κ2) is 7.67. The van der Waals surface area contributed by atoms with Crippen molar-refractivity contribution in [2.75, 3.05) is 19.7 Å². The van der Waals surface area contributed by atoms with E-state index in [0.717, 1.165) is 12.8 Å². The molecule has 0 aromatic heterocycles. The van der Waals surface area contributed by atoms with Crippen molar-refractivity contribution in [1.82, 2.24) is 4.90 Å². The molecule has 0 rings (SSSR count). The Bertz CT molecular complexity index is 220. The van der Waals surface area contributed by atoms with E-state index in [1.165, 1.54) is 0 Å². The number of hydrogen-bond donors (Lipinski definition) is 1. The third-order valence-corrected chi connectivity index (χ3v) is 2.70. The summed E-state index contributed by atoms with van der Waals surface area (Å²) in [7, 11) is 0. The van der Waals surface area contributed by atoms with Crippen molar-refractivity contribution in [1.29, 1.82) is 0 Å². The largest absolute Gasteiger partial charge is 0.366 e. The van der Waals surface area contributed by atoms with E-state index in [0.29, 0.717) is 13.1 Å². The fraction of sp³-hybridized carbons (Fsp3) is 0.923. The van der Waals surface area contributed by atoms with Gasteiger partial charge in [0.15, 0.2) is 0 Å². The second-order valence-corrected chi connectivity index (χ2v) is 5.25. The van der Waals surface area contributed by atoms with Crippen molar-refractivity contribution in [3.63, 3.8) is 0 Å². The highest BCUT2D eigenvalue weighted by atomic mass is 16.5. The fourth-order valence-corrected chi connectivity index (χ4v) is 1.74. The van der Waals surface area contributed by atoms with E-state index in [2.05, 4.69) is 13.8 Å². The van der Waals surface area contributed by atoms with Gasteiger partial charge in [0.25, 0.3) is 0 Å². The molecule has 0 saturated heterocycles. The first-order valence-electron chi connectivity index (χ1n) is 6.49. The molecule has 0 aromatic carbocycles. The normalized spacial score (nSPS) is 11.9. The lowest BCUT2D eigenvalue weighted by atomic mass is 10.1. The molecule has 0 aromatic rings. The van der Waals surface area contributed by atoms with Crippen LogP contribution in [0.3, 0.4) is 0 Å². The number of carbonyl (C=O) groups is 1. The third-order valence-electron chi connectivity index (χ3n) is 2.70. The molecule has 102 valence electrons. The number of carbonyl (C=O) groups excluding carboxylic acids is 1. The summed E-state index contributed by atoms with van der Waals surface area (Å²) in [4.78, 5) is 13.9. The van der Waals surface area contributed by atoms with Crippen LogP contribution in [0.25, 0.3) is 0 Å². The molecule has 0 spiro atoms. The van der Waals surface area contributed by atoms with Gasteiger partial charge in [-0.25, -0.2) is 0 Å². The van der Waals surface area contributed by atoms with Gasteiger partial charge in [-0.15, -0.1) is 0 Å². The molecular weight excluding hydrogens is 216 g/mol. The summed E-state index contributed by atoms with van der Waals surface area (Å²) in [5.74, 6) is 0.0408. The Balaban J connectivity index is 4.43. The maximum atomic E-state index is 12.1. The van der Waals surface area contributed by atoms with Crippen molar-refractivity contribution in [2.45, 2.75) is 59.1 Å². The van der Waals surface area contributed by atoms with Gasteiger partial charge in [-0.3, -0.25) is 4.79 Å². The van der Waals surface area contributed by atoms with E-state index in [4.69, 9.17) is 10.5 Å². The van der Waals surface area contributed by atoms with Crippen LogP contribution in [0.1, 0.15) is 47.5 Å². The van der Waals surface area contributed by atoms with Gasteiger partial charge in [0.05, 0.1) is 5.60 Å². The van der Waals surface area contributed by atoms with Crippen LogP contribution >= 0.6 is 0 Å². The summed E-state index contributed by atoms with van der Waals surface area (Å²) in [5.41, 5.74) is 5.28. The maximum Gasteiger partial charge on any atom is 0.248 e. The third kappa shape index (κ3) is 6.64. The first kappa shape index (κ1) is 16.4. The Morgan fingerprint density at radius 1 is 1.29 bits per heavy atom. The summed E-state index contributed by atoms with van der Waals surface area (Å²) in [6.45, 7) is 11.3. The molecule has 4 heteroatoms. The average Bonchev–Trinajstić information content (AvgIpc) is 2.25. The van der Waals surface area contributed by atoms with Crippen LogP contribution in [0.5, 0.6) is 0 Å².